The van der Waals surface area contributed by atoms with Gasteiger partial charge >= 0.3 is 12.3 Å². The third-order valence-corrected chi connectivity index (χ3v) is 2.34. The van der Waals surface area contributed by atoms with E-state index in [4.69, 9.17) is 4.74 Å². The molecule has 0 radical (unpaired) electrons. The van der Waals surface area contributed by atoms with Gasteiger partial charge in [-0.2, -0.15) is 0 Å². The first-order chi connectivity index (χ1) is 8.87. The van der Waals surface area contributed by atoms with Crippen LogP contribution in [0.1, 0.15) is 6.92 Å². The van der Waals surface area contributed by atoms with Gasteiger partial charge in [-0.1, -0.05) is 6.07 Å². The molecule has 0 fully saturated rings. The smallest absolute Gasteiger partial charge is 0.492 e. The molecular weight excluding hydrogens is 285 g/mol. The van der Waals surface area contributed by atoms with Crippen molar-refractivity contribution in [3.63, 3.8) is 0 Å². The van der Waals surface area contributed by atoms with E-state index in [0.717, 1.165) is 18.1 Å². The van der Waals surface area contributed by atoms with Crippen molar-refractivity contribution >= 4 is 18.0 Å². The molecular formula is C11H11F3O4S. The van der Waals surface area contributed by atoms with Crippen LogP contribution in [0.5, 0.6) is 11.5 Å². The van der Waals surface area contributed by atoms with Crippen molar-refractivity contribution < 1.29 is 31.6 Å². The summed E-state index contributed by atoms with van der Waals surface area (Å²) >= 11 is 0.909. The highest BCUT2D eigenvalue weighted by atomic mass is 32.2. The topological polar surface area (TPSA) is 44.8 Å². The molecule has 19 heavy (non-hydrogen) atoms. The molecule has 0 heterocycles. The molecule has 106 valence electrons. The number of hydrogen-bond acceptors (Lipinski definition) is 5. The Labute approximate surface area is 112 Å². The van der Waals surface area contributed by atoms with Crippen molar-refractivity contribution in [2.24, 2.45) is 0 Å². The molecule has 0 aliphatic carbocycles. The number of halogens is 3. The summed E-state index contributed by atoms with van der Waals surface area (Å²) in [5.41, 5.74) is 0. The maximum atomic E-state index is 12.0. The maximum absolute atomic E-state index is 12.0. The van der Waals surface area contributed by atoms with Gasteiger partial charge in [0.2, 0.25) is 0 Å². The lowest BCUT2D eigenvalue weighted by Gasteiger charge is -2.10. The Kier molecular flexibility index (Phi) is 5.81. The van der Waals surface area contributed by atoms with Gasteiger partial charge in [-0.05, 0) is 12.1 Å². The largest absolute Gasteiger partial charge is 0.573 e. The number of rotatable bonds is 6. The predicted molar refractivity (Wildman–Crippen MR) is 62.8 cm³/mol. The first-order valence-electron chi connectivity index (χ1n) is 5.15. The van der Waals surface area contributed by atoms with Crippen LogP contribution in [0, 0.1) is 0 Å². The summed E-state index contributed by atoms with van der Waals surface area (Å²) in [5.74, 6) is -0.169. The average Bonchev–Trinajstić information content (AvgIpc) is 2.26. The Hall–Kier alpha value is -1.57. The second-order valence-corrected chi connectivity index (χ2v) is 4.08. The van der Waals surface area contributed by atoms with Crippen LogP contribution in [0.3, 0.4) is 0 Å². The molecule has 4 nitrogen and oxygen atoms in total. The van der Waals surface area contributed by atoms with E-state index in [9.17, 15) is 18.0 Å². The Bertz CT molecular complexity index is 423. The average molecular weight is 296 g/mol. The van der Waals surface area contributed by atoms with Gasteiger partial charge in [-0.3, -0.25) is 4.79 Å². The quantitative estimate of drug-likeness (QED) is 0.596. The fourth-order valence-electron chi connectivity index (χ4n) is 1.08. The zero-order chi connectivity index (χ0) is 14.3. The summed E-state index contributed by atoms with van der Waals surface area (Å²) in [6, 6.07) is 5.19. The lowest BCUT2D eigenvalue weighted by atomic mass is 10.3. The molecule has 0 saturated heterocycles. The Morgan fingerprint density at radius 2 is 2.00 bits per heavy atom. The maximum Gasteiger partial charge on any atom is 0.573 e. The molecule has 0 saturated carbocycles. The van der Waals surface area contributed by atoms with Gasteiger partial charge < -0.3 is 13.7 Å². The number of benzene rings is 1. The van der Waals surface area contributed by atoms with Gasteiger partial charge in [0, 0.05) is 13.0 Å². The molecule has 1 rings (SSSR count). The van der Waals surface area contributed by atoms with E-state index in [0.29, 0.717) is 5.75 Å². The molecule has 0 unspecified atom stereocenters. The van der Waals surface area contributed by atoms with E-state index in [2.05, 4.69) is 8.92 Å². The summed E-state index contributed by atoms with van der Waals surface area (Å²) in [6.07, 6.45) is -4.73. The first-order valence-corrected chi connectivity index (χ1v) is 6.06. The van der Waals surface area contributed by atoms with Gasteiger partial charge in [0.05, 0.1) is 17.8 Å². The van der Waals surface area contributed by atoms with Crippen LogP contribution in [0.15, 0.2) is 24.3 Å². The van der Waals surface area contributed by atoms with E-state index in [1.807, 2.05) is 0 Å². The van der Waals surface area contributed by atoms with Crippen molar-refractivity contribution in [1.29, 1.82) is 0 Å². The van der Waals surface area contributed by atoms with E-state index in [-0.39, 0.29) is 18.1 Å². The van der Waals surface area contributed by atoms with Crippen molar-refractivity contribution in [2.75, 3.05) is 12.4 Å². The standard InChI is InChI=1S/C11H11F3O4S/c1-8(15)18-19-6-5-16-9-3-2-4-10(7-9)17-11(12,13)14/h2-4,7H,5-6H2,1H3. The molecule has 0 bridgehead atoms. The SMILES string of the molecule is CC(=O)OSCCOc1cccc(OC(F)(F)F)c1. The van der Waals surface area contributed by atoms with Crippen LogP contribution in [-0.4, -0.2) is 24.7 Å². The minimum atomic E-state index is -4.73. The van der Waals surface area contributed by atoms with Crippen LogP contribution >= 0.6 is 12.0 Å². The zero-order valence-corrected chi connectivity index (χ0v) is 10.7. The van der Waals surface area contributed by atoms with Crippen LogP contribution in [0.4, 0.5) is 13.2 Å². The monoisotopic (exact) mass is 296 g/mol. The van der Waals surface area contributed by atoms with Crippen molar-refractivity contribution in [1.82, 2.24) is 0 Å². The number of alkyl halides is 3. The van der Waals surface area contributed by atoms with Crippen LogP contribution in [-0.2, 0) is 8.98 Å². The fourth-order valence-corrected chi connectivity index (χ4v) is 1.48. The lowest BCUT2D eigenvalue weighted by Crippen LogP contribution is -2.17. The summed E-state index contributed by atoms with van der Waals surface area (Å²) in [6.45, 7) is 1.46. The van der Waals surface area contributed by atoms with E-state index in [1.165, 1.54) is 25.1 Å². The fraction of sp³-hybridized carbons (Fsp3) is 0.364. The normalized spacial score (nSPS) is 10.9. The van der Waals surface area contributed by atoms with Crippen LogP contribution in [0.25, 0.3) is 0 Å². The van der Waals surface area contributed by atoms with E-state index in [1.54, 1.807) is 0 Å². The molecule has 0 spiro atoms. The first kappa shape index (κ1) is 15.5. The molecule has 0 N–H and O–H groups in total. The molecule has 1 aromatic rings. The highest BCUT2D eigenvalue weighted by molar-refractivity contribution is 7.95. The summed E-state index contributed by atoms with van der Waals surface area (Å²) < 4.78 is 49.5. The number of carbonyl (C=O) groups excluding carboxylic acids is 1. The zero-order valence-electron chi connectivity index (χ0n) is 9.90. The minimum absolute atomic E-state index is 0.188. The Morgan fingerprint density at radius 1 is 1.32 bits per heavy atom. The summed E-state index contributed by atoms with van der Waals surface area (Å²) in [5, 5.41) is 0. The number of carbonyl (C=O) groups is 1. The third kappa shape index (κ3) is 7.45. The highest BCUT2D eigenvalue weighted by Gasteiger charge is 2.31. The Morgan fingerprint density at radius 3 is 2.63 bits per heavy atom. The molecule has 0 amide bonds. The van der Waals surface area contributed by atoms with Gasteiger partial charge in [-0.25, -0.2) is 0 Å². The summed E-state index contributed by atoms with van der Waals surface area (Å²) in [7, 11) is 0. The number of hydrogen-bond donors (Lipinski definition) is 0. The van der Waals surface area contributed by atoms with Crippen LogP contribution in [0.2, 0.25) is 0 Å². The second kappa shape index (κ2) is 7.13. The lowest BCUT2D eigenvalue weighted by molar-refractivity contribution is -0.274. The molecule has 0 aromatic heterocycles. The molecule has 1 aromatic carbocycles. The second-order valence-electron chi connectivity index (χ2n) is 3.27. The van der Waals surface area contributed by atoms with Crippen molar-refractivity contribution in [3.8, 4) is 11.5 Å². The molecule has 0 aliphatic rings. The third-order valence-electron chi connectivity index (χ3n) is 1.65. The van der Waals surface area contributed by atoms with Gasteiger partial charge in [-0.15, -0.1) is 13.2 Å². The molecule has 0 aliphatic heterocycles. The molecule has 0 atom stereocenters. The van der Waals surface area contributed by atoms with Gasteiger partial charge in [0.1, 0.15) is 18.1 Å². The highest BCUT2D eigenvalue weighted by Crippen LogP contribution is 2.26. The van der Waals surface area contributed by atoms with E-state index < -0.39 is 12.3 Å². The van der Waals surface area contributed by atoms with Crippen molar-refractivity contribution in [2.45, 2.75) is 13.3 Å². The predicted octanol–water partition coefficient (Wildman–Crippen LogP) is 3.18. The minimum Gasteiger partial charge on any atom is -0.492 e. The van der Waals surface area contributed by atoms with Gasteiger partial charge in [0.15, 0.2) is 0 Å². The van der Waals surface area contributed by atoms with Gasteiger partial charge in [0.25, 0.3) is 0 Å². The Balaban J connectivity index is 2.38. The van der Waals surface area contributed by atoms with Crippen molar-refractivity contribution in [3.05, 3.63) is 24.3 Å². The molecule has 8 heteroatoms. The number of ether oxygens (including phenoxy) is 2. The summed E-state index contributed by atoms with van der Waals surface area (Å²) in [4.78, 5) is 10.4. The van der Waals surface area contributed by atoms with E-state index >= 15 is 0 Å². The van der Waals surface area contributed by atoms with Crippen LogP contribution < -0.4 is 9.47 Å².